The third-order valence-corrected chi connectivity index (χ3v) is 6.82. The van der Waals surface area contributed by atoms with Crippen molar-refractivity contribution in [2.45, 2.75) is 19.9 Å². The number of rotatable bonds is 5. The number of furan rings is 1. The molecule has 0 radical (unpaired) electrons. The van der Waals surface area contributed by atoms with Gasteiger partial charge in [-0.2, -0.15) is 0 Å². The highest BCUT2D eigenvalue weighted by molar-refractivity contribution is 7.07. The van der Waals surface area contributed by atoms with E-state index in [-0.39, 0.29) is 12.2 Å². The molecule has 2 aromatic heterocycles. The summed E-state index contributed by atoms with van der Waals surface area (Å²) in [6, 6.07) is 12.6. The lowest BCUT2D eigenvalue weighted by atomic mass is 9.96. The highest BCUT2D eigenvalue weighted by atomic mass is 32.1. The average molecular weight is 480 g/mol. The van der Waals surface area contributed by atoms with Gasteiger partial charge in [-0.05, 0) is 25.5 Å². The Morgan fingerprint density at radius 3 is 2.71 bits per heavy atom. The van der Waals surface area contributed by atoms with Gasteiger partial charge in [-0.25, -0.2) is 9.79 Å². The third kappa shape index (κ3) is 4.12. The van der Waals surface area contributed by atoms with Gasteiger partial charge in [0, 0.05) is 25.2 Å². The number of allylic oxidation sites excluding steroid dienone is 1. The normalized spacial score (nSPS) is 18.6. The average Bonchev–Trinajstić information content (AvgIpc) is 3.44. The first-order valence-corrected chi connectivity index (χ1v) is 12.1. The number of benzene rings is 1. The van der Waals surface area contributed by atoms with Gasteiger partial charge in [0.2, 0.25) is 0 Å². The number of carbonyl (C=O) groups is 1. The minimum Gasteiger partial charge on any atom is -0.463 e. The SMILES string of the molecule is CCOC(=O)C1=C(C)N=c2sc(=Cc3ccc(N4CCOCC4)o3)c(=O)n2[C@H]1c1ccccc1. The lowest BCUT2D eigenvalue weighted by molar-refractivity contribution is -0.139. The van der Waals surface area contributed by atoms with Gasteiger partial charge in [0.15, 0.2) is 10.7 Å². The fraction of sp³-hybridized carbons (Fsp3) is 0.320. The van der Waals surface area contributed by atoms with Crippen LogP contribution in [0.1, 0.15) is 31.2 Å². The van der Waals surface area contributed by atoms with E-state index in [0.29, 0.717) is 39.6 Å². The maximum absolute atomic E-state index is 13.6. The number of ether oxygens (including phenoxy) is 2. The molecule has 0 N–H and O–H groups in total. The fourth-order valence-electron chi connectivity index (χ4n) is 4.24. The summed E-state index contributed by atoms with van der Waals surface area (Å²) >= 11 is 1.28. The van der Waals surface area contributed by atoms with Crippen LogP contribution in [0.15, 0.2) is 67.9 Å². The highest BCUT2D eigenvalue weighted by Gasteiger charge is 2.33. The van der Waals surface area contributed by atoms with Crippen LogP contribution in [-0.2, 0) is 14.3 Å². The topological polar surface area (TPSA) is 86.3 Å². The van der Waals surface area contributed by atoms with Crippen molar-refractivity contribution in [2.24, 2.45) is 4.99 Å². The van der Waals surface area contributed by atoms with E-state index in [9.17, 15) is 9.59 Å². The first-order chi connectivity index (χ1) is 16.6. The fourth-order valence-corrected chi connectivity index (χ4v) is 5.27. The van der Waals surface area contributed by atoms with E-state index in [1.807, 2.05) is 42.5 Å². The first kappa shape index (κ1) is 22.4. The summed E-state index contributed by atoms with van der Waals surface area (Å²) in [7, 11) is 0. The van der Waals surface area contributed by atoms with Gasteiger partial charge in [0.1, 0.15) is 5.76 Å². The molecule has 0 spiro atoms. The second-order valence-electron chi connectivity index (χ2n) is 7.99. The molecule has 2 aliphatic heterocycles. The van der Waals surface area contributed by atoms with E-state index < -0.39 is 12.0 Å². The van der Waals surface area contributed by atoms with Crippen molar-refractivity contribution in [1.29, 1.82) is 0 Å². The van der Waals surface area contributed by atoms with Gasteiger partial charge in [-0.1, -0.05) is 41.7 Å². The molecule has 34 heavy (non-hydrogen) atoms. The summed E-state index contributed by atoms with van der Waals surface area (Å²) in [4.78, 5) is 33.7. The molecule has 0 bridgehead atoms. The number of anilines is 1. The zero-order valence-corrected chi connectivity index (χ0v) is 19.8. The van der Waals surface area contributed by atoms with Crippen molar-refractivity contribution in [3.05, 3.63) is 84.7 Å². The van der Waals surface area contributed by atoms with E-state index in [1.54, 1.807) is 24.5 Å². The molecule has 176 valence electrons. The Hall–Kier alpha value is -3.43. The van der Waals surface area contributed by atoms with Gasteiger partial charge in [0.05, 0.1) is 41.7 Å². The van der Waals surface area contributed by atoms with Gasteiger partial charge in [-0.3, -0.25) is 9.36 Å². The maximum atomic E-state index is 13.6. The molecule has 2 aliphatic rings. The quantitative estimate of drug-likeness (QED) is 0.522. The van der Waals surface area contributed by atoms with Crippen LogP contribution < -0.4 is 19.8 Å². The summed E-state index contributed by atoms with van der Waals surface area (Å²) in [5.74, 6) is 0.877. The largest absolute Gasteiger partial charge is 0.463 e. The molecule has 8 nitrogen and oxygen atoms in total. The van der Waals surface area contributed by atoms with Crippen molar-refractivity contribution in [3.8, 4) is 0 Å². The monoisotopic (exact) mass is 479 g/mol. The molecule has 9 heteroatoms. The van der Waals surface area contributed by atoms with E-state index >= 15 is 0 Å². The summed E-state index contributed by atoms with van der Waals surface area (Å²) in [6.45, 7) is 6.64. The zero-order chi connectivity index (χ0) is 23.7. The van der Waals surface area contributed by atoms with Crippen LogP contribution in [0.3, 0.4) is 0 Å². The van der Waals surface area contributed by atoms with E-state index in [1.165, 1.54) is 11.3 Å². The number of morpholine rings is 1. The Morgan fingerprint density at radius 1 is 1.21 bits per heavy atom. The Kier molecular flexibility index (Phi) is 6.21. The molecule has 5 rings (SSSR count). The zero-order valence-electron chi connectivity index (χ0n) is 19.0. The van der Waals surface area contributed by atoms with Crippen LogP contribution in [0, 0.1) is 0 Å². The predicted octanol–water partition coefficient (Wildman–Crippen LogP) is 2.23. The van der Waals surface area contributed by atoms with E-state index in [0.717, 1.165) is 24.5 Å². The van der Waals surface area contributed by atoms with Crippen molar-refractivity contribution >= 4 is 29.3 Å². The Bertz CT molecular complexity index is 1410. The summed E-state index contributed by atoms with van der Waals surface area (Å²) in [5.41, 5.74) is 1.52. The van der Waals surface area contributed by atoms with Crippen LogP contribution >= 0.6 is 11.3 Å². The predicted molar refractivity (Wildman–Crippen MR) is 129 cm³/mol. The van der Waals surface area contributed by atoms with Crippen molar-refractivity contribution in [1.82, 2.24) is 4.57 Å². The molecule has 4 heterocycles. The van der Waals surface area contributed by atoms with Crippen molar-refractivity contribution in [3.63, 3.8) is 0 Å². The molecule has 0 amide bonds. The second-order valence-corrected chi connectivity index (χ2v) is 9.00. The van der Waals surface area contributed by atoms with E-state index in [2.05, 4.69) is 9.89 Å². The van der Waals surface area contributed by atoms with Crippen molar-refractivity contribution in [2.75, 3.05) is 37.8 Å². The van der Waals surface area contributed by atoms with Gasteiger partial charge in [0.25, 0.3) is 5.56 Å². The van der Waals surface area contributed by atoms with Gasteiger partial charge in [-0.15, -0.1) is 0 Å². The van der Waals surface area contributed by atoms with Crippen LogP contribution in [0.5, 0.6) is 0 Å². The molecule has 1 fully saturated rings. The smallest absolute Gasteiger partial charge is 0.338 e. The van der Waals surface area contributed by atoms with E-state index in [4.69, 9.17) is 13.9 Å². The number of thiazole rings is 1. The Labute approximate surface area is 200 Å². The molecule has 1 atom stereocenters. The van der Waals surface area contributed by atoms with Crippen LogP contribution in [0.2, 0.25) is 0 Å². The standard InChI is InChI=1S/C25H25N3O5S/c1-3-32-24(30)21-16(2)26-25-28(22(21)17-7-5-4-6-8-17)23(29)19(34-25)15-18-9-10-20(33-18)27-11-13-31-14-12-27/h4-10,15,22H,3,11-14H2,1-2H3/t22-/m0/s1. The van der Waals surface area contributed by atoms with Crippen LogP contribution in [0.4, 0.5) is 5.88 Å². The number of hydrogen-bond donors (Lipinski definition) is 0. The van der Waals surface area contributed by atoms with Gasteiger partial charge >= 0.3 is 5.97 Å². The molecule has 3 aromatic rings. The van der Waals surface area contributed by atoms with Crippen LogP contribution in [0.25, 0.3) is 6.08 Å². The maximum Gasteiger partial charge on any atom is 0.338 e. The summed E-state index contributed by atoms with van der Waals surface area (Å²) in [5, 5.41) is 0. The molecule has 0 aliphatic carbocycles. The second kappa shape index (κ2) is 9.44. The highest BCUT2D eigenvalue weighted by Crippen LogP contribution is 2.30. The number of esters is 1. The molecule has 0 saturated carbocycles. The van der Waals surface area contributed by atoms with Crippen LogP contribution in [-0.4, -0.2) is 43.4 Å². The molecular weight excluding hydrogens is 454 g/mol. The number of aromatic nitrogens is 1. The number of carbonyl (C=O) groups excluding carboxylic acids is 1. The third-order valence-electron chi connectivity index (χ3n) is 5.84. The molecule has 0 unspecified atom stereocenters. The van der Waals surface area contributed by atoms with Crippen molar-refractivity contribution < 1.29 is 18.7 Å². The lowest BCUT2D eigenvalue weighted by Gasteiger charge is -2.26. The van der Waals surface area contributed by atoms with Gasteiger partial charge < -0.3 is 18.8 Å². The minimum absolute atomic E-state index is 0.226. The number of nitrogens with zero attached hydrogens (tertiary/aromatic N) is 3. The molecule has 1 aromatic carbocycles. The lowest BCUT2D eigenvalue weighted by Crippen LogP contribution is -2.39. The number of fused-ring (bicyclic) bond motifs is 1. The number of hydrogen-bond acceptors (Lipinski definition) is 8. The molecule has 1 saturated heterocycles. The minimum atomic E-state index is -0.612. The molecular formula is C25H25N3O5S. The first-order valence-electron chi connectivity index (χ1n) is 11.2. The summed E-state index contributed by atoms with van der Waals surface area (Å²) < 4.78 is 18.8. The Balaban J connectivity index is 1.60. The summed E-state index contributed by atoms with van der Waals surface area (Å²) in [6.07, 6.45) is 1.74. The Morgan fingerprint density at radius 2 is 1.97 bits per heavy atom.